The fraction of sp³-hybridized carbons (Fsp3) is 0.600. The minimum absolute atomic E-state index is 0.383. The highest BCUT2D eigenvalue weighted by Crippen LogP contribution is 2.42. The topological polar surface area (TPSA) is 0 Å². The maximum absolute atomic E-state index is 2.38. The van der Waals surface area contributed by atoms with Crippen LogP contribution in [0.1, 0.15) is 57.6 Å². The van der Waals surface area contributed by atoms with Gasteiger partial charge in [-0.25, -0.2) is 0 Å². The summed E-state index contributed by atoms with van der Waals surface area (Å²) in [5, 5.41) is 0.383. The van der Waals surface area contributed by atoms with E-state index in [1.807, 2.05) is 0 Å². The van der Waals surface area contributed by atoms with Crippen molar-refractivity contribution in [3.05, 3.63) is 35.4 Å². The van der Waals surface area contributed by atoms with Crippen molar-refractivity contribution in [1.29, 1.82) is 0 Å². The summed E-state index contributed by atoms with van der Waals surface area (Å²) < 4.78 is 0. The van der Waals surface area contributed by atoms with Gasteiger partial charge < -0.3 is 0 Å². The number of benzene rings is 1. The molecule has 90 valence electrons. The summed E-state index contributed by atoms with van der Waals surface area (Å²) >= 11 is 0. The van der Waals surface area contributed by atoms with Gasteiger partial charge >= 0.3 is 0 Å². The molecule has 1 aromatic carbocycles. The molecule has 0 fully saturated rings. The minimum Gasteiger partial charge on any atom is -0.114 e. The largest absolute Gasteiger partial charge is 0.114 e. The van der Waals surface area contributed by atoms with Crippen molar-refractivity contribution in [3.8, 4) is 0 Å². The Balaban J connectivity index is 2.94. The van der Waals surface area contributed by atoms with Gasteiger partial charge in [0.2, 0.25) is 0 Å². The second-order valence-corrected chi connectivity index (χ2v) is 6.47. The Labute approximate surface area is 103 Å². The van der Waals surface area contributed by atoms with E-state index >= 15 is 0 Å². The van der Waals surface area contributed by atoms with E-state index < -0.39 is 0 Å². The van der Waals surface area contributed by atoms with Crippen molar-refractivity contribution < 1.29 is 0 Å². The van der Waals surface area contributed by atoms with Crippen molar-refractivity contribution in [2.75, 3.05) is 6.66 Å². The van der Waals surface area contributed by atoms with Crippen LogP contribution in [-0.2, 0) is 5.16 Å². The lowest BCUT2D eigenvalue weighted by Gasteiger charge is -2.27. The Bertz CT molecular complexity index is 309. The molecule has 1 rings (SSSR count). The third-order valence-electron chi connectivity index (χ3n) is 3.99. The molecule has 3 unspecified atom stereocenters. The third kappa shape index (κ3) is 2.86. The van der Waals surface area contributed by atoms with Crippen LogP contribution >= 0.6 is 8.58 Å². The number of hydrogen-bond donors (Lipinski definition) is 0. The molecule has 0 aliphatic carbocycles. The van der Waals surface area contributed by atoms with Crippen molar-refractivity contribution in [1.82, 2.24) is 0 Å². The summed E-state index contributed by atoms with van der Waals surface area (Å²) in [6.45, 7) is 11.5. The summed E-state index contributed by atoms with van der Waals surface area (Å²) in [5.41, 5.74) is 2.98. The average Bonchev–Trinajstić information content (AvgIpc) is 2.37. The lowest BCUT2D eigenvalue weighted by Crippen LogP contribution is -2.13. The first-order valence-corrected chi connectivity index (χ1v) is 7.86. The summed E-state index contributed by atoms with van der Waals surface area (Å²) in [5.74, 6) is 0.686. The Morgan fingerprint density at radius 3 is 2.12 bits per heavy atom. The Hall–Kier alpha value is -0.350. The Kier molecular flexibility index (Phi) is 4.99. The molecule has 1 heteroatoms. The van der Waals surface area contributed by atoms with Gasteiger partial charge in [0.05, 0.1) is 0 Å². The first-order chi connectivity index (χ1) is 7.57. The fourth-order valence-electron chi connectivity index (χ4n) is 1.94. The molecule has 0 aromatic heterocycles. The summed E-state index contributed by atoms with van der Waals surface area (Å²) in [6.07, 6.45) is 2.45. The third-order valence-corrected chi connectivity index (χ3v) is 5.73. The minimum atomic E-state index is 0.383. The molecule has 0 heterocycles. The van der Waals surface area contributed by atoms with Gasteiger partial charge in [-0.3, -0.25) is 0 Å². The van der Waals surface area contributed by atoms with E-state index in [1.54, 1.807) is 0 Å². The van der Waals surface area contributed by atoms with Crippen LogP contribution in [0.3, 0.4) is 0 Å². The fourth-order valence-corrected chi connectivity index (χ4v) is 2.75. The molecule has 0 saturated heterocycles. The Morgan fingerprint density at radius 2 is 1.75 bits per heavy atom. The second-order valence-electron chi connectivity index (χ2n) is 4.87. The van der Waals surface area contributed by atoms with Gasteiger partial charge in [-0.1, -0.05) is 52.0 Å². The predicted molar refractivity (Wildman–Crippen MR) is 77.0 cm³/mol. The van der Waals surface area contributed by atoms with Crippen molar-refractivity contribution in [2.45, 2.75) is 51.6 Å². The zero-order valence-electron chi connectivity index (χ0n) is 11.3. The molecule has 1 aromatic rings. The maximum Gasteiger partial charge on any atom is 0.00927 e. The highest BCUT2D eigenvalue weighted by Gasteiger charge is 2.21. The molecule has 0 nitrogen and oxygen atoms in total. The van der Waals surface area contributed by atoms with Gasteiger partial charge in [-0.15, -0.1) is 8.58 Å². The molecule has 0 saturated carbocycles. The monoisotopic (exact) mass is 236 g/mol. The normalized spacial score (nSPS) is 17.6. The second kappa shape index (κ2) is 5.82. The van der Waals surface area contributed by atoms with E-state index in [9.17, 15) is 0 Å². The van der Waals surface area contributed by atoms with Crippen molar-refractivity contribution in [3.63, 3.8) is 0 Å². The van der Waals surface area contributed by atoms with E-state index in [2.05, 4.69) is 58.6 Å². The van der Waals surface area contributed by atoms with Crippen LogP contribution in [0.5, 0.6) is 0 Å². The summed E-state index contributed by atoms with van der Waals surface area (Å²) in [7, 11) is 0.971. The molecule has 0 aliphatic heterocycles. The molecule has 0 bridgehead atoms. The Morgan fingerprint density at radius 1 is 1.19 bits per heavy atom. The molecule has 16 heavy (non-hydrogen) atoms. The smallest absolute Gasteiger partial charge is 0.00927 e. The highest BCUT2D eigenvalue weighted by atomic mass is 31.1. The molecule has 0 radical (unpaired) electrons. The van der Waals surface area contributed by atoms with Crippen LogP contribution in [-0.4, -0.2) is 6.66 Å². The standard InChI is InChI=1S/C15H25P/c1-6-12(3)13-8-10-14(11-9-13)15(4,7-2)16-5/h8-12,16H,6-7H2,1-5H3. The first-order valence-electron chi connectivity index (χ1n) is 6.36. The quantitative estimate of drug-likeness (QED) is 0.621. The lowest BCUT2D eigenvalue weighted by atomic mass is 9.92. The van der Waals surface area contributed by atoms with Crippen LogP contribution in [0.15, 0.2) is 24.3 Å². The lowest BCUT2D eigenvalue weighted by molar-refractivity contribution is 0.657. The zero-order chi connectivity index (χ0) is 12.2. The molecule has 3 atom stereocenters. The van der Waals surface area contributed by atoms with Crippen LogP contribution in [0.25, 0.3) is 0 Å². The molecular weight excluding hydrogens is 211 g/mol. The van der Waals surface area contributed by atoms with E-state index in [4.69, 9.17) is 0 Å². The van der Waals surface area contributed by atoms with Gasteiger partial charge in [-0.2, -0.15) is 0 Å². The van der Waals surface area contributed by atoms with Gasteiger partial charge in [0.15, 0.2) is 0 Å². The maximum atomic E-state index is 2.38. The van der Waals surface area contributed by atoms with Gasteiger partial charge in [0.25, 0.3) is 0 Å². The SMILES string of the molecule is CCC(C)c1ccc(C(C)(CC)PC)cc1. The van der Waals surface area contributed by atoms with Crippen molar-refractivity contribution >= 4 is 8.58 Å². The average molecular weight is 236 g/mol. The van der Waals surface area contributed by atoms with Crippen molar-refractivity contribution in [2.24, 2.45) is 0 Å². The molecule has 0 spiro atoms. The molecule has 0 N–H and O–H groups in total. The van der Waals surface area contributed by atoms with Crippen LogP contribution < -0.4 is 0 Å². The van der Waals surface area contributed by atoms with Gasteiger partial charge in [-0.05, 0) is 36.6 Å². The zero-order valence-corrected chi connectivity index (χ0v) is 12.3. The molecule has 0 amide bonds. The van der Waals surface area contributed by atoms with E-state index in [0.29, 0.717) is 11.1 Å². The molecule has 0 aliphatic rings. The molecular formula is C15H25P. The van der Waals surface area contributed by atoms with Crippen LogP contribution in [0.4, 0.5) is 0 Å². The first kappa shape index (κ1) is 13.7. The highest BCUT2D eigenvalue weighted by molar-refractivity contribution is 7.38. The van der Waals surface area contributed by atoms with Crippen LogP contribution in [0.2, 0.25) is 0 Å². The van der Waals surface area contributed by atoms with Gasteiger partial charge in [0, 0.05) is 5.16 Å². The van der Waals surface area contributed by atoms with E-state index in [0.717, 1.165) is 8.58 Å². The predicted octanol–water partition coefficient (Wildman–Crippen LogP) is 5.13. The van der Waals surface area contributed by atoms with E-state index in [1.165, 1.54) is 24.0 Å². The summed E-state index contributed by atoms with van der Waals surface area (Å²) in [4.78, 5) is 0. The number of rotatable bonds is 5. The summed E-state index contributed by atoms with van der Waals surface area (Å²) in [6, 6.07) is 9.30. The number of hydrogen-bond acceptors (Lipinski definition) is 0. The van der Waals surface area contributed by atoms with Gasteiger partial charge in [0.1, 0.15) is 0 Å². The van der Waals surface area contributed by atoms with E-state index in [-0.39, 0.29) is 0 Å². The van der Waals surface area contributed by atoms with Crippen LogP contribution in [0, 0.1) is 0 Å².